The van der Waals surface area contributed by atoms with Crippen molar-refractivity contribution >= 4 is 11.5 Å². The number of aromatic nitrogens is 5. The average Bonchev–Trinajstić information content (AvgIpc) is 3.24. The minimum absolute atomic E-state index is 0.0770. The minimum Gasteiger partial charge on any atom is -0.437 e. The molecule has 0 aromatic carbocycles. The number of hydrogen-bond donors (Lipinski definition) is 2. The lowest BCUT2D eigenvalue weighted by Crippen LogP contribution is -2.23. The molecule has 182 valence electrons. The second-order valence-corrected chi connectivity index (χ2v) is 9.04. The predicted octanol–water partition coefficient (Wildman–Crippen LogP) is 4.44. The third-order valence-electron chi connectivity index (χ3n) is 6.35. The van der Waals surface area contributed by atoms with E-state index in [0.717, 1.165) is 48.0 Å². The number of nitrogens with one attached hydrogen (secondary N) is 1. The van der Waals surface area contributed by atoms with E-state index in [4.69, 9.17) is 14.6 Å². The smallest absolute Gasteiger partial charge is 0.241 e. The zero-order chi connectivity index (χ0) is 24.2. The summed E-state index contributed by atoms with van der Waals surface area (Å²) < 4.78 is 13.1. The topological polar surface area (TPSA) is 107 Å². The molecule has 0 radical (unpaired) electrons. The Balaban J connectivity index is 1.53. The fraction of sp³-hybridized carbons (Fsp3) is 0.385. The number of pyridine rings is 2. The Hall–Kier alpha value is -3.56. The molecule has 1 atom stereocenters. The monoisotopic (exact) mass is 474 g/mol. The molecule has 35 heavy (non-hydrogen) atoms. The van der Waals surface area contributed by atoms with Crippen LogP contribution in [0.15, 0.2) is 55.1 Å². The van der Waals surface area contributed by atoms with E-state index in [-0.39, 0.29) is 12.1 Å². The van der Waals surface area contributed by atoms with E-state index in [9.17, 15) is 5.11 Å². The van der Waals surface area contributed by atoms with Gasteiger partial charge >= 0.3 is 0 Å². The van der Waals surface area contributed by atoms with E-state index in [1.54, 1.807) is 25.7 Å². The number of aliphatic hydroxyl groups excluding tert-OH is 1. The summed E-state index contributed by atoms with van der Waals surface area (Å²) in [4.78, 5) is 13.1. The molecule has 4 aromatic heterocycles. The van der Waals surface area contributed by atoms with Crippen molar-refractivity contribution in [3.05, 3.63) is 60.8 Å². The Morgan fingerprint density at radius 3 is 2.74 bits per heavy atom. The average molecular weight is 475 g/mol. The van der Waals surface area contributed by atoms with Crippen LogP contribution in [0.4, 0.5) is 5.95 Å². The van der Waals surface area contributed by atoms with E-state index in [1.165, 1.54) is 0 Å². The third kappa shape index (κ3) is 5.26. The van der Waals surface area contributed by atoms with Crippen molar-refractivity contribution in [2.24, 2.45) is 0 Å². The van der Waals surface area contributed by atoms with Gasteiger partial charge in [0.2, 0.25) is 11.8 Å². The number of methoxy groups -OCH3 is 1. The molecule has 0 spiro atoms. The maximum Gasteiger partial charge on any atom is 0.241 e. The standard InChI is InChI=1S/C26H30N6O3/c1-17(16-34-2)30-26-29-15-24-22(13-23(32(24)31-26)18-5-7-20(33)8-6-18)19-9-11-28-25(12-19)35-21-4-3-10-27-14-21/h3-4,9-15,17-18,20,33H,5-8,16H2,1-2H3,(H,30,31)/t17-,18?,20?/m0/s1. The van der Waals surface area contributed by atoms with Gasteiger partial charge in [-0.05, 0) is 62.4 Å². The summed E-state index contributed by atoms with van der Waals surface area (Å²) in [7, 11) is 1.68. The molecule has 0 amide bonds. The van der Waals surface area contributed by atoms with Gasteiger partial charge < -0.3 is 19.9 Å². The van der Waals surface area contributed by atoms with Crippen molar-refractivity contribution in [2.45, 2.75) is 50.7 Å². The molecule has 4 aromatic rings. The molecule has 0 unspecified atom stereocenters. The first-order valence-corrected chi connectivity index (χ1v) is 12.0. The first-order chi connectivity index (χ1) is 17.1. The number of aliphatic hydroxyl groups is 1. The van der Waals surface area contributed by atoms with Crippen LogP contribution < -0.4 is 10.1 Å². The number of fused-ring (bicyclic) bond motifs is 1. The van der Waals surface area contributed by atoms with Gasteiger partial charge in [-0.2, -0.15) is 0 Å². The minimum atomic E-state index is -0.217. The summed E-state index contributed by atoms with van der Waals surface area (Å²) >= 11 is 0. The molecular weight excluding hydrogens is 444 g/mol. The predicted molar refractivity (Wildman–Crippen MR) is 133 cm³/mol. The van der Waals surface area contributed by atoms with Crippen LogP contribution >= 0.6 is 0 Å². The number of nitrogens with zero attached hydrogens (tertiary/aromatic N) is 5. The van der Waals surface area contributed by atoms with Crippen molar-refractivity contribution in [3.63, 3.8) is 0 Å². The molecule has 1 aliphatic carbocycles. The largest absolute Gasteiger partial charge is 0.437 e. The van der Waals surface area contributed by atoms with Crippen LogP contribution in [0.3, 0.4) is 0 Å². The summed E-state index contributed by atoms with van der Waals surface area (Å²) in [5, 5.41) is 18.2. The van der Waals surface area contributed by atoms with Gasteiger partial charge in [0.25, 0.3) is 0 Å². The quantitative estimate of drug-likeness (QED) is 0.386. The number of anilines is 1. The van der Waals surface area contributed by atoms with Crippen molar-refractivity contribution in [2.75, 3.05) is 19.0 Å². The summed E-state index contributed by atoms with van der Waals surface area (Å²) in [5.41, 5.74) is 4.02. The van der Waals surface area contributed by atoms with Gasteiger partial charge in [0.05, 0.1) is 30.6 Å². The summed E-state index contributed by atoms with van der Waals surface area (Å²) in [6.07, 6.45) is 10.2. The zero-order valence-corrected chi connectivity index (χ0v) is 20.0. The highest BCUT2D eigenvalue weighted by atomic mass is 16.5. The van der Waals surface area contributed by atoms with Gasteiger partial charge in [0, 0.05) is 48.8 Å². The van der Waals surface area contributed by atoms with Crippen LogP contribution in [0.25, 0.3) is 16.6 Å². The normalized spacial score (nSPS) is 18.9. The Morgan fingerprint density at radius 1 is 1.11 bits per heavy atom. The van der Waals surface area contributed by atoms with Gasteiger partial charge in [0.15, 0.2) is 0 Å². The molecule has 1 fully saturated rings. The maximum atomic E-state index is 10.0. The lowest BCUT2D eigenvalue weighted by Gasteiger charge is -2.25. The van der Waals surface area contributed by atoms with Gasteiger partial charge in [-0.3, -0.25) is 4.98 Å². The maximum absolute atomic E-state index is 10.0. The third-order valence-corrected chi connectivity index (χ3v) is 6.35. The van der Waals surface area contributed by atoms with Gasteiger partial charge in [-0.15, -0.1) is 5.10 Å². The first-order valence-electron chi connectivity index (χ1n) is 12.0. The Labute approximate surface area is 204 Å². The molecule has 0 saturated heterocycles. The SMILES string of the molecule is COC[C@H](C)Nc1ncc2c(-c3ccnc(Oc4cccnc4)c3)cc(C3CCC(O)CC3)n2n1. The van der Waals surface area contributed by atoms with Crippen molar-refractivity contribution < 1.29 is 14.6 Å². The van der Waals surface area contributed by atoms with Crippen LogP contribution in [0.1, 0.15) is 44.2 Å². The molecule has 2 N–H and O–H groups in total. The molecule has 0 bridgehead atoms. The van der Waals surface area contributed by atoms with Crippen molar-refractivity contribution in [1.82, 2.24) is 24.6 Å². The fourth-order valence-electron chi connectivity index (χ4n) is 4.65. The van der Waals surface area contributed by atoms with Crippen LogP contribution in [-0.4, -0.2) is 55.5 Å². The van der Waals surface area contributed by atoms with Crippen LogP contribution in [0.2, 0.25) is 0 Å². The Morgan fingerprint density at radius 2 is 1.97 bits per heavy atom. The van der Waals surface area contributed by atoms with E-state index in [0.29, 0.717) is 30.1 Å². The second-order valence-electron chi connectivity index (χ2n) is 9.04. The molecule has 0 aliphatic heterocycles. The highest BCUT2D eigenvalue weighted by Crippen LogP contribution is 2.38. The van der Waals surface area contributed by atoms with E-state index < -0.39 is 0 Å². The molecule has 1 aliphatic rings. The molecule has 9 nitrogen and oxygen atoms in total. The lowest BCUT2D eigenvalue weighted by atomic mass is 9.85. The zero-order valence-electron chi connectivity index (χ0n) is 20.0. The molecule has 1 saturated carbocycles. The van der Waals surface area contributed by atoms with Crippen LogP contribution in [0.5, 0.6) is 11.6 Å². The second kappa shape index (κ2) is 10.4. The van der Waals surface area contributed by atoms with E-state index in [2.05, 4.69) is 26.3 Å². The van der Waals surface area contributed by atoms with Crippen molar-refractivity contribution in [3.8, 4) is 22.8 Å². The summed E-state index contributed by atoms with van der Waals surface area (Å²) in [5.74, 6) is 1.98. The Kier molecular flexibility index (Phi) is 6.87. The highest BCUT2D eigenvalue weighted by Gasteiger charge is 2.26. The summed E-state index contributed by atoms with van der Waals surface area (Å²) in [6, 6.07) is 9.82. The lowest BCUT2D eigenvalue weighted by molar-refractivity contribution is 0.121. The first kappa shape index (κ1) is 23.2. The highest BCUT2D eigenvalue weighted by molar-refractivity contribution is 5.82. The van der Waals surface area contributed by atoms with Gasteiger partial charge in [-0.25, -0.2) is 14.5 Å². The molecular formula is C26H30N6O3. The molecule has 4 heterocycles. The summed E-state index contributed by atoms with van der Waals surface area (Å²) in [6.45, 7) is 2.59. The number of hydrogen-bond acceptors (Lipinski definition) is 8. The van der Waals surface area contributed by atoms with Crippen LogP contribution in [0, 0.1) is 0 Å². The van der Waals surface area contributed by atoms with Crippen molar-refractivity contribution in [1.29, 1.82) is 0 Å². The fourth-order valence-corrected chi connectivity index (χ4v) is 4.65. The number of ether oxygens (including phenoxy) is 2. The van der Waals surface area contributed by atoms with Gasteiger partial charge in [0.1, 0.15) is 5.75 Å². The Bertz CT molecular complexity index is 1270. The van der Waals surface area contributed by atoms with Gasteiger partial charge in [-0.1, -0.05) is 0 Å². The number of rotatable bonds is 8. The molecule has 5 rings (SSSR count). The molecule has 9 heteroatoms. The van der Waals surface area contributed by atoms with Crippen LogP contribution in [-0.2, 0) is 4.74 Å². The van der Waals surface area contributed by atoms with E-state index >= 15 is 0 Å². The van der Waals surface area contributed by atoms with E-state index in [1.807, 2.05) is 41.9 Å².